The largest absolute Gasteiger partial charge is 0.393 e. The highest BCUT2D eigenvalue weighted by Crippen LogP contribution is 2.27. The van der Waals surface area contributed by atoms with E-state index in [0.29, 0.717) is 13.1 Å². The van der Waals surface area contributed by atoms with Crippen LogP contribution in [0.5, 0.6) is 0 Å². The molecule has 0 saturated carbocycles. The first-order valence-corrected chi connectivity index (χ1v) is 6.93. The van der Waals surface area contributed by atoms with E-state index in [4.69, 9.17) is 5.73 Å². The number of nitro groups is 1. The van der Waals surface area contributed by atoms with Gasteiger partial charge in [-0.05, 0) is 25.0 Å². The number of hydrogen-bond donors (Lipinski definition) is 1. The standard InChI is InChI=1S/C14H19N3O3/c15-12-8-6-7-11(13(12)17(19)20)14(18)16-9-4-2-1-3-5-10-16/h6-8H,1-5,9-10,15H2. The van der Waals surface area contributed by atoms with Crippen molar-refractivity contribution in [1.82, 2.24) is 4.90 Å². The molecule has 20 heavy (non-hydrogen) atoms. The van der Waals surface area contributed by atoms with E-state index >= 15 is 0 Å². The van der Waals surface area contributed by atoms with Crippen LogP contribution in [0, 0.1) is 10.1 Å². The Kier molecular flexibility index (Phi) is 4.55. The summed E-state index contributed by atoms with van der Waals surface area (Å²) >= 11 is 0. The molecule has 1 fully saturated rings. The molecule has 0 radical (unpaired) electrons. The SMILES string of the molecule is Nc1cccc(C(=O)N2CCCCCCC2)c1[N+](=O)[O-]. The van der Waals surface area contributed by atoms with Crippen LogP contribution in [0.1, 0.15) is 42.5 Å². The third-order valence-electron chi connectivity index (χ3n) is 3.62. The fraction of sp³-hybridized carbons (Fsp3) is 0.500. The Labute approximate surface area is 117 Å². The summed E-state index contributed by atoms with van der Waals surface area (Å²) in [5.41, 5.74) is 5.48. The van der Waals surface area contributed by atoms with E-state index in [-0.39, 0.29) is 22.8 Å². The normalized spacial score (nSPS) is 16.3. The molecule has 108 valence electrons. The molecule has 0 aliphatic carbocycles. The van der Waals surface area contributed by atoms with Gasteiger partial charge in [0.2, 0.25) is 0 Å². The molecule has 0 aromatic heterocycles. The van der Waals surface area contributed by atoms with Crippen LogP contribution in [-0.2, 0) is 0 Å². The van der Waals surface area contributed by atoms with Crippen molar-refractivity contribution < 1.29 is 9.72 Å². The summed E-state index contributed by atoms with van der Waals surface area (Å²) in [7, 11) is 0. The Morgan fingerprint density at radius 2 is 1.75 bits per heavy atom. The Hall–Kier alpha value is -2.11. The minimum atomic E-state index is -0.577. The van der Waals surface area contributed by atoms with Gasteiger partial charge in [0.15, 0.2) is 0 Å². The van der Waals surface area contributed by atoms with E-state index in [2.05, 4.69) is 0 Å². The number of carbonyl (C=O) groups is 1. The second-order valence-electron chi connectivity index (χ2n) is 5.06. The second kappa shape index (κ2) is 6.36. The molecule has 6 nitrogen and oxygen atoms in total. The molecule has 0 unspecified atom stereocenters. The molecule has 0 atom stereocenters. The lowest BCUT2D eigenvalue weighted by molar-refractivity contribution is -0.384. The highest BCUT2D eigenvalue weighted by molar-refractivity contribution is 6.00. The van der Waals surface area contributed by atoms with Gasteiger partial charge in [0.05, 0.1) is 4.92 Å². The molecular weight excluding hydrogens is 258 g/mol. The van der Waals surface area contributed by atoms with Crippen molar-refractivity contribution in [3.05, 3.63) is 33.9 Å². The van der Waals surface area contributed by atoms with Gasteiger partial charge in [-0.1, -0.05) is 25.3 Å². The van der Waals surface area contributed by atoms with Crippen molar-refractivity contribution in [2.75, 3.05) is 18.8 Å². The van der Waals surface area contributed by atoms with E-state index in [0.717, 1.165) is 25.7 Å². The van der Waals surface area contributed by atoms with Crippen molar-refractivity contribution in [2.45, 2.75) is 32.1 Å². The first kappa shape index (κ1) is 14.3. The van der Waals surface area contributed by atoms with Crippen molar-refractivity contribution >= 4 is 17.3 Å². The number of amides is 1. The van der Waals surface area contributed by atoms with E-state index < -0.39 is 4.92 Å². The van der Waals surface area contributed by atoms with Crippen molar-refractivity contribution in [3.63, 3.8) is 0 Å². The van der Waals surface area contributed by atoms with Crippen LogP contribution in [0.3, 0.4) is 0 Å². The van der Waals surface area contributed by atoms with E-state index in [9.17, 15) is 14.9 Å². The monoisotopic (exact) mass is 277 g/mol. The fourth-order valence-corrected chi connectivity index (χ4v) is 2.56. The van der Waals surface area contributed by atoms with Crippen LogP contribution in [0.4, 0.5) is 11.4 Å². The third-order valence-corrected chi connectivity index (χ3v) is 3.62. The summed E-state index contributed by atoms with van der Waals surface area (Å²) in [4.78, 5) is 24.7. The predicted molar refractivity (Wildman–Crippen MR) is 76.5 cm³/mol. The molecule has 0 bridgehead atoms. The molecule has 6 heteroatoms. The van der Waals surface area contributed by atoms with Crippen LogP contribution >= 0.6 is 0 Å². The van der Waals surface area contributed by atoms with E-state index in [1.54, 1.807) is 11.0 Å². The van der Waals surface area contributed by atoms with Crippen LogP contribution in [0.2, 0.25) is 0 Å². The molecule has 2 N–H and O–H groups in total. The lowest BCUT2D eigenvalue weighted by Crippen LogP contribution is -2.34. The topological polar surface area (TPSA) is 89.5 Å². The minimum Gasteiger partial charge on any atom is -0.393 e. The number of para-hydroxylation sites is 1. The average molecular weight is 277 g/mol. The van der Waals surface area contributed by atoms with Crippen LogP contribution in [-0.4, -0.2) is 28.8 Å². The number of hydrogen-bond acceptors (Lipinski definition) is 4. The highest BCUT2D eigenvalue weighted by Gasteiger charge is 2.26. The lowest BCUT2D eigenvalue weighted by Gasteiger charge is -2.24. The number of likely N-dealkylation sites (tertiary alicyclic amines) is 1. The molecule has 1 saturated heterocycles. The second-order valence-corrected chi connectivity index (χ2v) is 5.06. The van der Waals surface area contributed by atoms with Gasteiger partial charge in [-0.15, -0.1) is 0 Å². The van der Waals surface area contributed by atoms with Gasteiger partial charge >= 0.3 is 5.69 Å². The first-order valence-electron chi connectivity index (χ1n) is 6.93. The Morgan fingerprint density at radius 1 is 1.15 bits per heavy atom. The quantitative estimate of drug-likeness (QED) is 0.511. The van der Waals surface area contributed by atoms with Gasteiger partial charge in [-0.3, -0.25) is 14.9 Å². The number of rotatable bonds is 2. The van der Waals surface area contributed by atoms with Gasteiger partial charge < -0.3 is 10.6 Å². The first-order chi connectivity index (χ1) is 9.61. The van der Waals surface area contributed by atoms with Crippen LogP contribution < -0.4 is 5.73 Å². The van der Waals surface area contributed by atoms with Gasteiger partial charge in [0.25, 0.3) is 5.91 Å². The van der Waals surface area contributed by atoms with E-state index in [1.165, 1.54) is 18.6 Å². The number of nitro benzene ring substituents is 1. The van der Waals surface area contributed by atoms with Crippen LogP contribution in [0.15, 0.2) is 18.2 Å². The fourth-order valence-electron chi connectivity index (χ4n) is 2.56. The Bertz CT molecular complexity index is 508. The maximum Gasteiger partial charge on any atom is 0.304 e. The zero-order valence-electron chi connectivity index (χ0n) is 11.4. The number of anilines is 1. The molecule has 1 aromatic carbocycles. The maximum atomic E-state index is 12.5. The number of nitrogens with two attached hydrogens (primary N) is 1. The molecule has 0 spiro atoms. The molecule has 1 amide bonds. The lowest BCUT2D eigenvalue weighted by atomic mass is 10.1. The summed E-state index contributed by atoms with van der Waals surface area (Å²) in [5, 5.41) is 11.1. The zero-order chi connectivity index (χ0) is 14.5. The highest BCUT2D eigenvalue weighted by atomic mass is 16.6. The van der Waals surface area contributed by atoms with Gasteiger partial charge in [-0.25, -0.2) is 0 Å². The Morgan fingerprint density at radius 3 is 2.35 bits per heavy atom. The molecule has 2 rings (SSSR count). The summed E-state index contributed by atoms with van der Waals surface area (Å²) in [6, 6.07) is 4.51. The van der Waals surface area contributed by atoms with Crippen molar-refractivity contribution in [3.8, 4) is 0 Å². The number of carbonyl (C=O) groups excluding carboxylic acids is 1. The third kappa shape index (κ3) is 3.07. The Balaban J connectivity index is 2.27. The zero-order valence-corrected chi connectivity index (χ0v) is 11.4. The van der Waals surface area contributed by atoms with Crippen LogP contribution in [0.25, 0.3) is 0 Å². The number of benzene rings is 1. The summed E-state index contributed by atoms with van der Waals surface area (Å²) in [6.45, 7) is 1.32. The average Bonchev–Trinajstić information content (AvgIpc) is 2.36. The summed E-state index contributed by atoms with van der Waals surface area (Å²) < 4.78 is 0. The molecule has 1 heterocycles. The predicted octanol–water partition coefficient (Wildman–Crippen LogP) is 2.58. The molecule has 1 aromatic rings. The molecular formula is C14H19N3O3. The molecule has 1 aliphatic rings. The minimum absolute atomic E-state index is 0.0351. The van der Waals surface area contributed by atoms with Gasteiger partial charge in [-0.2, -0.15) is 0 Å². The smallest absolute Gasteiger partial charge is 0.304 e. The maximum absolute atomic E-state index is 12.5. The number of nitrogen functional groups attached to an aromatic ring is 1. The van der Waals surface area contributed by atoms with E-state index in [1.807, 2.05) is 0 Å². The van der Waals surface area contributed by atoms with Crippen molar-refractivity contribution in [1.29, 1.82) is 0 Å². The van der Waals surface area contributed by atoms with Gasteiger partial charge in [0, 0.05) is 13.1 Å². The number of nitrogens with zero attached hydrogens (tertiary/aromatic N) is 2. The molecule has 1 aliphatic heterocycles. The summed E-state index contributed by atoms with van der Waals surface area (Å²) in [6.07, 6.45) is 5.29. The van der Waals surface area contributed by atoms with Gasteiger partial charge in [0.1, 0.15) is 11.3 Å². The van der Waals surface area contributed by atoms with Crippen molar-refractivity contribution in [2.24, 2.45) is 0 Å². The summed E-state index contributed by atoms with van der Waals surface area (Å²) in [5.74, 6) is -0.286.